The molecule has 1 saturated carbocycles. The molecule has 1 aliphatic carbocycles. The van der Waals surface area contributed by atoms with Gasteiger partial charge in [0.25, 0.3) is 0 Å². The lowest BCUT2D eigenvalue weighted by Crippen LogP contribution is -2.62. The number of hydrogen-bond donors (Lipinski definition) is 0. The summed E-state index contributed by atoms with van der Waals surface area (Å²) in [6.07, 6.45) is 0. The van der Waals surface area contributed by atoms with Crippen LogP contribution in [-0.4, -0.2) is 23.9 Å². The Hall–Kier alpha value is 6.20. The van der Waals surface area contributed by atoms with Crippen molar-refractivity contribution in [3.05, 3.63) is 0 Å². The molecule has 0 aromatic heterocycles. The average Bonchev–Trinajstić information content (AvgIpc) is 2.26. The summed E-state index contributed by atoms with van der Waals surface area (Å²) in [6.45, 7) is 0. The van der Waals surface area contributed by atoms with E-state index < -0.39 is 23.9 Å². The predicted molar refractivity (Wildman–Crippen MR) is 136 cm³/mol. The van der Waals surface area contributed by atoms with Crippen molar-refractivity contribution >= 4 is 207 Å². The first-order valence-corrected chi connectivity index (χ1v) is 14.7. The zero-order chi connectivity index (χ0) is 17.5. The standard InChI is InChI=1S/C7Br13O/c8-1(9)2(10,11)4(14,15)6(18,19)7(20,21)5(16,17)3(1,12)13. The minimum Gasteiger partial charge on any atom is -0.212 e. The topological polar surface area (TPSA) is 19.9 Å². The van der Waals surface area contributed by atoms with Crippen molar-refractivity contribution in [2.75, 3.05) is 0 Å². The van der Waals surface area contributed by atoms with Crippen molar-refractivity contribution in [1.82, 2.24) is 0 Å². The van der Waals surface area contributed by atoms with Crippen molar-refractivity contribution < 1.29 is 5.11 Å². The van der Waals surface area contributed by atoms with Gasteiger partial charge in [0, 0.05) is 0 Å². The fraction of sp³-hybridized carbons (Fsp3) is 1.00. The van der Waals surface area contributed by atoms with Crippen LogP contribution in [0.3, 0.4) is 0 Å². The van der Waals surface area contributed by atoms with Crippen LogP contribution in [0, 0.1) is 0 Å². The molecule has 0 aromatic carbocycles. The molecule has 0 spiro atoms. The van der Waals surface area contributed by atoms with Gasteiger partial charge in [0.2, 0.25) is 4.51 Å². The van der Waals surface area contributed by atoms with Gasteiger partial charge >= 0.3 is 0 Å². The first kappa shape index (κ1) is 25.2. The Kier molecular flexibility index (Phi) is 8.61. The van der Waals surface area contributed by atoms with Gasteiger partial charge in [0.15, 0.2) is 6.47 Å². The molecule has 1 nitrogen and oxygen atoms in total. The van der Waals surface area contributed by atoms with Gasteiger partial charge in [0.05, 0.1) is 0 Å². The smallest absolute Gasteiger partial charge is 0.212 e. The van der Waals surface area contributed by atoms with E-state index in [1.807, 2.05) is 0 Å². The quantitative estimate of drug-likeness (QED) is 0.170. The van der Waals surface area contributed by atoms with Crippen molar-refractivity contribution in [3.8, 4) is 0 Å². The number of alkyl halides is 13. The van der Waals surface area contributed by atoms with E-state index in [0.717, 1.165) is 0 Å². The van der Waals surface area contributed by atoms with Gasteiger partial charge in [-0.15, -0.1) is 0 Å². The molecule has 14 heteroatoms. The zero-order valence-corrected chi connectivity index (χ0v) is 29.4. The highest BCUT2D eigenvalue weighted by atomic mass is 79.9. The van der Waals surface area contributed by atoms with Crippen LogP contribution < -0.4 is 0 Å². The maximum Gasteiger partial charge on any atom is 0.212 e. The molecule has 0 amide bonds. The van der Waals surface area contributed by atoms with Crippen molar-refractivity contribution in [2.45, 2.75) is 23.9 Å². The molecular weight excluding hydrogens is 1140 g/mol. The Morgan fingerprint density at radius 2 is 0.476 bits per heavy atom. The van der Waals surface area contributed by atoms with Crippen molar-refractivity contribution in [1.29, 1.82) is 0 Å². The van der Waals surface area contributed by atoms with E-state index in [1.165, 1.54) is 0 Å². The molecule has 0 N–H and O–H groups in total. The monoisotopic (exact) mass is 1130 g/mol. The van der Waals surface area contributed by atoms with Gasteiger partial charge < -0.3 is 0 Å². The van der Waals surface area contributed by atoms with E-state index >= 15 is 0 Å². The summed E-state index contributed by atoms with van der Waals surface area (Å²) in [7, 11) is 0. The first-order chi connectivity index (χ1) is 8.75. The molecule has 0 unspecified atom stereocenters. The summed E-state index contributed by atoms with van der Waals surface area (Å²) >= 11 is 46.3. The summed E-state index contributed by atoms with van der Waals surface area (Å²) in [6, 6.07) is 0. The number of rotatable bonds is 0. The van der Waals surface area contributed by atoms with Crippen LogP contribution in [0.15, 0.2) is 0 Å². The first-order valence-electron chi connectivity index (χ1n) is 4.41. The second-order valence-corrected chi connectivity index (χ2v) is 25.8. The average molecular weight is 1140 g/mol. The van der Waals surface area contributed by atoms with Crippen molar-refractivity contribution in [2.24, 2.45) is 0 Å². The Balaban J connectivity index is 3.97. The summed E-state index contributed by atoms with van der Waals surface area (Å²) in [5.74, 6) is 0. The highest BCUT2D eigenvalue weighted by molar-refractivity contribution is 9.36. The predicted octanol–water partition coefficient (Wildman–Crippen LogP) is 9.44. The minimum absolute atomic E-state index is 0.952. The molecule has 125 valence electrons. The van der Waals surface area contributed by atoms with E-state index in [1.54, 1.807) is 0 Å². The van der Waals surface area contributed by atoms with Gasteiger partial charge in [-0.3, -0.25) is 0 Å². The third-order valence-corrected chi connectivity index (χ3v) is 30.9. The van der Waals surface area contributed by atoms with Gasteiger partial charge in [-0.25, -0.2) is 5.11 Å². The Morgan fingerprint density at radius 3 is 0.667 bits per heavy atom. The van der Waals surface area contributed by atoms with Crippen LogP contribution in [0.1, 0.15) is 0 Å². The molecule has 1 aliphatic rings. The van der Waals surface area contributed by atoms with Gasteiger partial charge in [-0.2, -0.15) is 0 Å². The van der Waals surface area contributed by atoms with Crippen LogP contribution in [0.5, 0.6) is 0 Å². The van der Waals surface area contributed by atoms with Crippen LogP contribution in [0.2, 0.25) is 0 Å². The van der Waals surface area contributed by atoms with E-state index in [2.05, 4.69) is 207 Å². The molecule has 0 aromatic rings. The lowest BCUT2D eigenvalue weighted by molar-refractivity contribution is 0.0495. The molecule has 21 heavy (non-hydrogen) atoms. The highest BCUT2D eigenvalue weighted by Crippen LogP contribution is 2.81. The van der Waals surface area contributed by atoms with Crippen LogP contribution in [0.4, 0.5) is 0 Å². The van der Waals surface area contributed by atoms with Crippen LogP contribution in [0.25, 0.3) is 0 Å². The maximum atomic E-state index is 13.6. The fourth-order valence-electron chi connectivity index (χ4n) is 1.39. The molecule has 0 saturated heterocycles. The van der Waals surface area contributed by atoms with Crippen LogP contribution in [-0.2, 0) is 5.11 Å². The molecular formula is C7Br13O. The van der Waals surface area contributed by atoms with Crippen molar-refractivity contribution in [3.63, 3.8) is 0 Å². The number of hydrogen-bond acceptors (Lipinski definition) is 0. The maximum absolute atomic E-state index is 13.6. The van der Waals surface area contributed by atoms with Gasteiger partial charge in [-0.05, 0) is 15.9 Å². The summed E-state index contributed by atoms with van der Waals surface area (Å²) < 4.78 is -8.35. The molecule has 1 radical (unpaired) electrons. The molecule has 1 fully saturated rings. The fourth-order valence-corrected chi connectivity index (χ4v) is 15.4. The molecule has 1 rings (SSSR count). The summed E-state index contributed by atoms with van der Waals surface area (Å²) in [5, 5.41) is 13.6. The Labute approximate surface area is 231 Å². The zero-order valence-electron chi connectivity index (χ0n) is 8.82. The van der Waals surface area contributed by atoms with Gasteiger partial charge in [-0.1, -0.05) is 191 Å². The third-order valence-electron chi connectivity index (χ3n) is 2.78. The van der Waals surface area contributed by atoms with E-state index in [-0.39, 0.29) is 0 Å². The summed E-state index contributed by atoms with van der Waals surface area (Å²) in [5.41, 5.74) is 0. The SMILES string of the molecule is [O]C1(Br)C(Br)(Br)C(Br)(Br)C(Br)(Br)C(Br)(Br)C(Br)(Br)C1(Br)Br. The molecule has 0 heterocycles. The third kappa shape index (κ3) is 3.20. The Bertz CT molecular complexity index is 304. The normalized spacial score (nSPS) is 34.0. The summed E-state index contributed by atoms with van der Waals surface area (Å²) in [4.78, 5) is 0. The van der Waals surface area contributed by atoms with Crippen LogP contribution >= 0.6 is 207 Å². The van der Waals surface area contributed by atoms with E-state index in [9.17, 15) is 5.11 Å². The molecule has 0 atom stereocenters. The lowest BCUT2D eigenvalue weighted by Gasteiger charge is -2.49. The van der Waals surface area contributed by atoms with E-state index in [0.29, 0.717) is 0 Å². The largest absolute Gasteiger partial charge is 0.212 e. The van der Waals surface area contributed by atoms with E-state index in [4.69, 9.17) is 0 Å². The minimum atomic E-state index is -1.84. The van der Waals surface area contributed by atoms with Gasteiger partial charge in [0.1, 0.15) is 12.9 Å². The molecule has 0 bridgehead atoms. The number of halogens is 13. The Morgan fingerprint density at radius 1 is 0.333 bits per heavy atom. The highest BCUT2D eigenvalue weighted by Gasteiger charge is 2.85. The second-order valence-electron chi connectivity index (χ2n) is 4.04. The lowest BCUT2D eigenvalue weighted by atomic mass is 10.1. The second kappa shape index (κ2) is 7.16. The molecule has 0 aliphatic heterocycles.